The highest BCUT2D eigenvalue weighted by Crippen LogP contribution is 2.28. The van der Waals surface area contributed by atoms with Crippen molar-refractivity contribution in [2.45, 2.75) is 45.1 Å². The van der Waals surface area contributed by atoms with Crippen molar-refractivity contribution in [1.82, 2.24) is 0 Å². The number of hydrogen-bond acceptors (Lipinski definition) is 3. The average Bonchev–Trinajstić information content (AvgIpc) is 2.80. The second kappa shape index (κ2) is 8.29. The highest BCUT2D eigenvalue weighted by molar-refractivity contribution is 5.69. The van der Waals surface area contributed by atoms with Crippen molar-refractivity contribution < 1.29 is 14.3 Å². The van der Waals surface area contributed by atoms with E-state index in [0.29, 0.717) is 25.6 Å². The van der Waals surface area contributed by atoms with Crippen LogP contribution in [0.1, 0.15) is 39.0 Å². The number of esters is 1. The fourth-order valence-corrected chi connectivity index (χ4v) is 3.22. The molecule has 1 heterocycles. The molecule has 2 aliphatic carbocycles. The smallest absolute Gasteiger partial charge is 0.305 e. The summed E-state index contributed by atoms with van der Waals surface area (Å²) in [7, 11) is 0. The predicted molar refractivity (Wildman–Crippen MR) is 95.5 cm³/mol. The number of hydrogen-bond donors (Lipinski definition) is 0. The van der Waals surface area contributed by atoms with Gasteiger partial charge in [0.25, 0.3) is 0 Å². The van der Waals surface area contributed by atoms with Gasteiger partial charge < -0.3 is 9.47 Å². The first-order valence-corrected chi connectivity index (χ1v) is 8.93. The second-order valence-corrected chi connectivity index (χ2v) is 6.73. The van der Waals surface area contributed by atoms with E-state index >= 15 is 0 Å². The summed E-state index contributed by atoms with van der Waals surface area (Å²) < 4.78 is 11.2. The Kier molecular flexibility index (Phi) is 5.86. The zero-order valence-corrected chi connectivity index (χ0v) is 14.4. The molecule has 0 aromatic carbocycles. The minimum absolute atomic E-state index is 0.0141. The summed E-state index contributed by atoms with van der Waals surface area (Å²) >= 11 is 0. The Morgan fingerprint density at radius 2 is 2.17 bits per heavy atom. The summed E-state index contributed by atoms with van der Waals surface area (Å²) in [6.45, 7) is 3.23. The van der Waals surface area contributed by atoms with Crippen LogP contribution in [-0.4, -0.2) is 25.3 Å². The zero-order chi connectivity index (χ0) is 16.8. The van der Waals surface area contributed by atoms with Crippen LogP contribution in [0.5, 0.6) is 0 Å². The molecule has 0 spiro atoms. The van der Waals surface area contributed by atoms with E-state index in [-0.39, 0.29) is 12.1 Å². The van der Waals surface area contributed by atoms with Crippen molar-refractivity contribution >= 4 is 5.97 Å². The topological polar surface area (TPSA) is 35.5 Å². The van der Waals surface area contributed by atoms with Gasteiger partial charge in [0.2, 0.25) is 0 Å². The molecule has 1 aliphatic heterocycles. The number of cyclic esters (lactones) is 1. The van der Waals surface area contributed by atoms with Gasteiger partial charge in [-0.05, 0) is 48.3 Å². The number of carbonyl (C=O) groups is 1. The first-order valence-electron chi connectivity index (χ1n) is 8.93. The van der Waals surface area contributed by atoms with Gasteiger partial charge in [-0.1, -0.05) is 49.5 Å². The van der Waals surface area contributed by atoms with Crippen LogP contribution in [0.2, 0.25) is 0 Å². The van der Waals surface area contributed by atoms with Crippen LogP contribution in [0.15, 0.2) is 59.3 Å². The molecule has 2 atom stereocenters. The van der Waals surface area contributed by atoms with Gasteiger partial charge in [0.15, 0.2) is 0 Å². The van der Waals surface area contributed by atoms with Gasteiger partial charge in [0, 0.05) is 6.42 Å². The summed E-state index contributed by atoms with van der Waals surface area (Å²) in [4.78, 5) is 11.3. The molecule has 0 N–H and O–H groups in total. The van der Waals surface area contributed by atoms with Crippen LogP contribution in [0, 0.1) is 5.92 Å². The van der Waals surface area contributed by atoms with Gasteiger partial charge in [-0.15, -0.1) is 0 Å². The molecule has 128 valence electrons. The number of ether oxygens (including phenoxy) is 2. The van der Waals surface area contributed by atoms with Crippen molar-refractivity contribution in [2.75, 3.05) is 13.2 Å². The second-order valence-electron chi connectivity index (χ2n) is 6.73. The third kappa shape index (κ3) is 4.57. The van der Waals surface area contributed by atoms with Crippen molar-refractivity contribution in [2.24, 2.45) is 5.92 Å². The van der Waals surface area contributed by atoms with Gasteiger partial charge in [-0.2, -0.15) is 0 Å². The molecular weight excluding hydrogens is 300 g/mol. The van der Waals surface area contributed by atoms with Crippen molar-refractivity contribution in [1.29, 1.82) is 0 Å². The molecule has 24 heavy (non-hydrogen) atoms. The van der Waals surface area contributed by atoms with Gasteiger partial charge in [0.1, 0.15) is 6.61 Å². The third-order valence-corrected chi connectivity index (χ3v) is 4.82. The molecule has 0 radical (unpaired) electrons. The summed E-state index contributed by atoms with van der Waals surface area (Å²) in [5.41, 5.74) is 3.95. The molecule has 1 saturated heterocycles. The Hall–Kier alpha value is -1.87. The number of carbonyl (C=O) groups excluding carboxylic acids is 1. The summed E-state index contributed by atoms with van der Waals surface area (Å²) in [6.07, 6.45) is 19.6. The number of rotatable bonds is 4. The molecule has 3 heteroatoms. The van der Waals surface area contributed by atoms with Gasteiger partial charge in [0.05, 0.1) is 12.7 Å². The fraction of sp³-hybridized carbons (Fsp3) is 0.476. The van der Waals surface area contributed by atoms with Crippen LogP contribution in [-0.2, 0) is 14.3 Å². The SMILES string of the molecule is CC1CC=CC=C1C=C1CC=CC=C1COC1CCCC(=O)OC1. The van der Waals surface area contributed by atoms with E-state index in [9.17, 15) is 4.79 Å². The Balaban J connectivity index is 1.63. The van der Waals surface area contributed by atoms with Crippen molar-refractivity contribution in [3.05, 3.63) is 59.3 Å². The molecule has 0 bridgehead atoms. The molecule has 2 unspecified atom stereocenters. The van der Waals surface area contributed by atoms with Crippen LogP contribution in [0.3, 0.4) is 0 Å². The average molecular weight is 326 g/mol. The van der Waals surface area contributed by atoms with E-state index in [1.54, 1.807) is 0 Å². The zero-order valence-electron chi connectivity index (χ0n) is 14.4. The Bertz CT molecular complexity index is 619. The van der Waals surface area contributed by atoms with Crippen molar-refractivity contribution in [3.8, 4) is 0 Å². The van der Waals surface area contributed by atoms with Crippen LogP contribution >= 0.6 is 0 Å². The van der Waals surface area contributed by atoms with Crippen molar-refractivity contribution in [3.63, 3.8) is 0 Å². The maximum absolute atomic E-state index is 11.3. The Labute approximate surface area is 144 Å². The van der Waals surface area contributed by atoms with E-state index in [1.165, 1.54) is 16.7 Å². The van der Waals surface area contributed by atoms with Gasteiger partial charge >= 0.3 is 5.97 Å². The standard InChI is InChI=1S/C21H26O3/c1-16-7-2-3-8-17(16)13-18-9-4-5-10-19(18)14-23-20-11-6-12-21(22)24-15-20/h2-5,8,10,13,16,20H,6-7,9,11-12,14-15H2,1H3. The minimum Gasteiger partial charge on any atom is -0.463 e. The highest BCUT2D eigenvalue weighted by atomic mass is 16.6. The van der Waals surface area contributed by atoms with E-state index in [0.717, 1.165) is 25.7 Å². The maximum atomic E-state index is 11.3. The molecule has 0 saturated carbocycles. The van der Waals surface area contributed by atoms with E-state index in [2.05, 4.69) is 49.5 Å². The van der Waals surface area contributed by atoms with Crippen LogP contribution in [0.4, 0.5) is 0 Å². The molecule has 0 aromatic heterocycles. The fourth-order valence-electron chi connectivity index (χ4n) is 3.22. The van der Waals surface area contributed by atoms with E-state index in [4.69, 9.17) is 9.47 Å². The Morgan fingerprint density at radius 3 is 3.04 bits per heavy atom. The highest BCUT2D eigenvalue weighted by Gasteiger charge is 2.19. The maximum Gasteiger partial charge on any atom is 0.305 e. The molecule has 3 aliphatic rings. The summed E-state index contributed by atoms with van der Waals surface area (Å²) in [6, 6.07) is 0. The lowest BCUT2D eigenvalue weighted by atomic mass is 9.88. The lowest BCUT2D eigenvalue weighted by Crippen LogP contribution is -2.20. The lowest BCUT2D eigenvalue weighted by molar-refractivity contribution is -0.145. The largest absolute Gasteiger partial charge is 0.463 e. The van der Waals surface area contributed by atoms with E-state index < -0.39 is 0 Å². The summed E-state index contributed by atoms with van der Waals surface area (Å²) in [5, 5.41) is 0. The monoisotopic (exact) mass is 326 g/mol. The molecule has 0 amide bonds. The third-order valence-electron chi connectivity index (χ3n) is 4.82. The molecule has 0 aromatic rings. The summed E-state index contributed by atoms with van der Waals surface area (Å²) in [5.74, 6) is 0.463. The first-order chi connectivity index (χ1) is 11.7. The normalized spacial score (nSPS) is 29.0. The van der Waals surface area contributed by atoms with Gasteiger partial charge in [-0.25, -0.2) is 0 Å². The minimum atomic E-state index is -0.104. The molecular formula is C21H26O3. The Morgan fingerprint density at radius 1 is 1.29 bits per heavy atom. The van der Waals surface area contributed by atoms with Crippen LogP contribution in [0.25, 0.3) is 0 Å². The lowest BCUT2D eigenvalue weighted by Gasteiger charge is -2.21. The first kappa shape index (κ1) is 17.0. The predicted octanol–water partition coefficient (Wildman–Crippen LogP) is 4.43. The molecule has 1 fully saturated rings. The van der Waals surface area contributed by atoms with Crippen LogP contribution < -0.4 is 0 Å². The van der Waals surface area contributed by atoms with Gasteiger partial charge in [-0.3, -0.25) is 4.79 Å². The molecule has 3 nitrogen and oxygen atoms in total. The molecule has 3 rings (SSSR count). The quantitative estimate of drug-likeness (QED) is 0.717. The van der Waals surface area contributed by atoms with E-state index in [1.807, 2.05) is 0 Å². The number of allylic oxidation sites excluding steroid dienone is 8.